The zero-order valence-corrected chi connectivity index (χ0v) is 8.92. The Hall–Kier alpha value is -1.09. The number of rotatable bonds is 2. The molecule has 15 heavy (non-hydrogen) atoms. The van der Waals surface area contributed by atoms with E-state index in [0.29, 0.717) is 11.7 Å². The second kappa shape index (κ2) is 4.62. The maximum atomic E-state index is 13.5. The van der Waals surface area contributed by atoms with E-state index in [0.717, 1.165) is 31.5 Å². The zero-order chi connectivity index (χ0) is 10.7. The number of hydrogen-bond acceptors (Lipinski definition) is 2. The molecule has 0 amide bonds. The molecule has 2 nitrogen and oxygen atoms in total. The molecular formula is C12H16FNO. The minimum atomic E-state index is -0.263. The molecule has 0 spiro atoms. The van der Waals surface area contributed by atoms with Crippen LogP contribution in [0.25, 0.3) is 0 Å². The molecule has 2 rings (SSSR count). The maximum absolute atomic E-state index is 13.5. The lowest BCUT2D eigenvalue weighted by atomic mass is 9.91. The van der Waals surface area contributed by atoms with Crippen LogP contribution in [0.15, 0.2) is 18.2 Å². The summed E-state index contributed by atoms with van der Waals surface area (Å²) < 4.78 is 18.4. The third-order valence-electron chi connectivity index (χ3n) is 2.94. The third-order valence-corrected chi connectivity index (χ3v) is 2.94. The smallest absolute Gasteiger partial charge is 0.165 e. The van der Waals surface area contributed by atoms with Crippen LogP contribution in [0.1, 0.15) is 24.3 Å². The number of halogens is 1. The van der Waals surface area contributed by atoms with Crippen molar-refractivity contribution in [1.29, 1.82) is 0 Å². The molecule has 1 atom stereocenters. The first-order valence-corrected chi connectivity index (χ1v) is 5.35. The van der Waals surface area contributed by atoms with Gasteiger partial charge in [-0.05, 0) is 43.0 Å². The second-order valence-electron chi connectivity index (χ2n) is 3.94. The van der Waals surface area contributed by atoms with Gasteiger partial charge in [0, 0.05) is 6.54 Å². The summed E-state index contributed by atoms with van der Waals surface area (Å²) in [6.45, 7) is 2.03. The van der Waals surface area contributed by atoms with Crippen molar-refractivity contribution in [2.75, 3.05) is 20.2 Å². The molecule has 0 radical (unpaired) electrons. The van der Waals surface area contributed by atoms with Crippen molar-refractivity contribution in [2.45, 2.75) is 18.8 Å². The van der Waals surface area contributed by atoms with Crippen molar-refractivity contribution in [1.82, 2.24) is 5.32 Å². The summed E-state index contributed by atoms with van der Waals surface area (Å²) in [5.74, 6) is 0.502. The summed E-state index contributed by atoms with van der Waals surface area (Å²) in [6.07, 6.45) is 2.30. The van der Waals surface area contributed by atoms with Gasteiger partial charge in [-0.25, -0.2) is 4.39 Å². The van der Waals surface area contributed by atoms with E-state index in [4.69, 9.17) is 4.74 Å². The number of methoxy groups -OCH3 is 1. The minimum Gasteiger partial charge on any atom is -0.494 e. The van der Waals surface area contributed by atoms with E-state index in [2.05, 4.69) is 5.32 Å². The van der Waals surface area contributed by atoms with Crippen LogP contribution in [-0.4, -0.2) is 20.2 Å². The van der Waals surface area contributed by atoms with E-state index < -0.39 is 0 Å². The van der Waals surface area contributed by atoms with E-state index in [9.17, 15) is 4.39 Å². The van der Waals surface area contributed by atoms with Gasteiger partial charge in [0.25, 0.3) is 0 Å². The Bertz CT molecular complexity index is 334. The fourth-order valence-corrected chi connectivity index (χ4v) is 2.07. The van der Waals surface area contributed by atoms with Crippen LogP contribution in [0.4, 0.5) is 4.39 Å². The van der Waals surface area contributed by atoms with Crippen molar-refractivity contribution in [3.8, 4) is 5.75 Å². The van der Waals surface area contributed by atoms with Crippen LogP contribution in [0.3, 0.4) is 0 Å². The predicted molar refractivity (Wildman–Crippen MR) is 57.8 cm³/mol. The Labute approximate surface area is 89.4 Å². The fourth-order valence-electron chi connectivity index (χ4n) is 2.07. The summed E-state index contributed by atoms with van der Waals surface area (Å²) >= 11 is 0. The van der Waals surface area contributed by atoms with Crippen LogP contribution in [0.5, 0.6) is 5.75 Å². The Morgan fingerprint density at radius 3 is 2.93 bits per heavy atom. The van der Waals surface area contributed by atoms with Crippen molar-refractivity contribution in [2.24, 2.45) is 0 Å². The van der Waals surface area contributed by atoms with E-state index >= 15 is 0 Å². The van der Waals surface area contributed by atoms with Gasteiger partial charge in [-0.15, -0.1) is 0 Å². The highest BCUT2D eigenvalue weighted by molar-refractivity contribution is 5.31. The summed E-state index contributed by atoms with van der Waals surface area (Å²) in [5.41, 5.74) is 1.07. The highest BCUT2D eigenvalue weighted by atomic mass is 19.1. The van der Waals surface area contributed by atoms with Gasteiger partial charge in [0.15, 0.2) is 11.6 Å². The first-order chi connectivity index (χ1) is 7.31. The summed E-state index contributed by atoms with van der Waals surface area (Å²) in [5, 5.41) is 3.33. The summed E-state index contributed by atoms with van der Waals surface area (Å²) in [4.78, 5) is 0. The van der Waals surface area contributed by atoms with Gasteiger partial charge in [-0.2, -0.15) is 0 Å². The summed E-state index contributed by atoms with van der Waals surface area (Å²) in [6, 6.07) is 5.26. The first kappa shape index (κ1) is 10.4. The average molecular weight is 209 g/mol. The second-order valence-corrected chi connectivity index (χ2v) is 3.94. The molecule has 0 bridgehead atoms. The van der Waals surface area contributed by atoms with E-state index in [1.54, 1.807) is 12.1 Å². The van der Waals surface area contributed by atoms with Gasteiger partial charge in [0.1, 0.15) is 0 Å². The van der Waals surface area contributed by atoms with E-state index in [-0.39, 0.29) is 5.82 Å². The van der Waals surface area contributed by atoms with Gasteiger partial charge >= 0.3 is 0 Å². The number of ether oxygens (including phenoxy) is 1. The van der Waals surface area contributed by atoms with Gasteiger partial charge in [-0.3, -0.25) is 0 Å². The Morgan fingerprint density at radius 1 is 1.47 bits per heavy atom. The largest absolute Gasteiger partial charge is 0.494 e. The molecule has 1 aromatic rings. The third kappa shape index (κ3) is 2.29. The highest BCUT2D eigenvalue weighted by Crippen LogP contribution is 2.26. The molecule has 0 aromatic heterocycles. The Balaban J connectivity index is 2.17. The van der Waals surface area contributed by atoms with Crippen molar-refractivity contribution in [3.05, 3.63) is 29.6 Å². The van der Waals surface area contributed by atoms with Crippen LogP contribution in [0, 0.1) is 5.82 Å². The topological polar surface area (TPSA) is 21.3 Å². The molecule has 1 aliphatic heterocycles. The molecule has 1 aromatic carbocycles. The molecule has 0 aliphatic carbocycles. The molecule has 3 heteroatoms. The number of benzene rings is 1. The monoisotopic (exact) mass is 209 g/mol. The molecule has 0 unspecified atom stereocenters. The summed E-state index contributed by atoms with van der Waals surface area (Å²) in [7, 11) is 1.49. The molecular weight excluding hydrogens is 193 g/mol. The standard InChI is InChI=1S/C12H16FNO/c1-15-12-5-4-9(7-11(12)13)10-3-2-6-14-8-10/h4-5,7,10,14H,2-3,6,8H2,1H3/t10-/m0/s1. The predicted octanol–water partition coefficient (Wildman–Crippen LogP) is 2.30. The van der Waals surface area contributed by atoms with Crippen LogP contribution >= 0.6 is 0 Å². The molecule has 82 valence electrons. The molecule has 1 saturated heterocycles. The highest BCUT2D eigenvalue weighted by Gasteiger charge is 2.16. The Kier molecular flexibility index (Phi) is 3.21. The van der Waals surface area contributed by atoms with E-state index in [1.807, 2.05) is 6.07 Å². The van der Waals surface area contributed by atoms with Gasteiger partial charge in [0.05, 0.1) is 7.11 Å². The quantitative estimate of drug-likeness (QED) is 0.807. The SMILES string of the molecule is COc1ccc([C@H]2CCCNC2)cc1F. The van der Waals surface area contributed by atoms with Crippen molar-refractivity contribution >= 4 is 0 Å². The normalized spacial score (nSPS) is 21.3. The van der Waals surface area contributed by atoms with Crippen LogP contribution < -0.4 is 10.1 Å². The van der Waals surface area contributed by atoms with Gasteiger partial charge in [-0.1, -0.05) is 6.07 Å². The number of hydrogen-bond donors (Lipinski definition) is 1. The molecule has 0 saturated carbocycles. The Morgan fingerprint density at radius 2 is 2.33 bits per heavy atom. The van der Waals surface area contributed by atoms with Crippen LogP contribution in [-0.2, 0) is 0 Å². The molecule has 1 N–H and O–H groups in total. The number of nitrogens with one attached hydrogen (secondary N) is 1. The lowest BCUT2D eigenvalue weighted by molar-refractivity contribution is 0.385. The van der Waals surface area contributed by atoms with Gasteiger partial charge < -0.3 is 10.1 Å². The molecule has 1 fully saturated rings. The molecule has 1 aliphatic rings. The van der Waals surface area contributed by atoms with Gasteiger partial charge in [0.2, 0.25) is 0 Å². The fraction of sp³-hybridized carbons (Fsp3) is 0.500. The average Bonchev–Trinajstić information content (AvgIpc) is 2.30. The first-order valence-electron chi connectivity index (χ1n) is 5.35. The van der Waals surface area contributed by atoms with E-state index in [1.165, 1.54) is 7.11 Å². The zero-order valence-electron chi connectivity index (χ0n) is 8.92. The lowest BCUT2D eigenvalue weighted by Crippen LogP contribution is -2.28. The van der Waals surface area contributed by atoms with Crippen molar-refractivity contribution in [3.63, 3.8) is 0 Å². The minimum absolute atomic E-state index is 0.263. The maximum Gasteiger partial charge on any atom is 0.165 e. The van der Waals surface area contributed by atoms with Crippen LogP contribution in [0.2, 0.25) is 0 Å². The van der Waals surface area contributed by atoms with Crippen molar-refractivity contribution < 1.29 is 9.13 Å². The number of piperidine rings is 1. The lowest BCUT2D eigenvalue weighted by Gasteiger charge is -2.23. The molecule has 1 heterocycles.